The number of nitrogens with two attached hydrogens (primary N) is 1. The average Bonchev–Trinajstić information content (AvgIpc) is 1.87. The van der Waals surface area contributed by atoms with E-state index < -0.39 is 0 Å². The molecule has 0 aliphatic carbocycles. The van der Waals surface area contributed by atoms with E-state index >= 15 is 0 Å². The fraction of sp³-hybridized carbons (Fsp3) is 0.833. The molecule has 0 saturated carbocycles. The number of oxime groups is 1. The summed E-state index contributed by atoms with van der Waals surface area (Å²) in [5, 5.41) is 11.0. The standard InChI is InChI=1S/C6H14N2O/c1-3-5(2)4-6(7)8-9/h5,9H,3-4H2,1-2H3,(H2,7,8). The lowest BCUT2D eigenvalue weighted by atomic mass is 10.1. The van der Waals surface area contributed by atoms with E-state index in [2.05, 4.69) is 19.0 Å². The Hall–Kier alpha value is -0.730. The quantitative estimate of drug-likeness (QED) is 0.261. The molecule has 0 amide bonds. The Kier molecular flexibility index (Phi) is 3.84. The van der Waals surface area contributed by atoms with Crippen molar-refractivity contribution in [2.45, 2.75) is 26.7 Å². The van der Waals surface area contributed by atoms with Crippen LogP contribution < -0.4 is 5.73 Å². The molecule has 54 valence electrons. The number of amidine groups is 1. The van der Waals surface area contributed by atoms with E-state index in [4.69, 9.17) is 10.9 Å². The van der Waals surface area contributed by atoms with Crippen LogP contribution in [0.3, 0.4) is 0 Å². The normalized spacial score (nSPS) is 15.6. The zero-order valence-electron chi connectivity index (χ0n) is 5.96. The summed E-state index contributed by atoms with van der Waals surface area (Å²) in [6, 6.07) is 0. The van der Waals surface area contributed by atoms with Crippen LogP contribution >= 0.6 is 0 Å². The molecule has 0 radical (unpaired) electrons. The van der Waals surface area contributed by atoms with Crippen molar-refractivity contribution in [3.63, 3.8) is 0 Å². The molecule has 0 aromatic heterocycles. The molecular weight excluding hydrogens is 116 g/mol. The molecule has 0 bridgehead atoms. The van der Waals surface area contributed by atoms with Gasteiger partial charge >= 0.3 is 0 Å². The summed E-state index contributed by atoms with van der Waals surface area (Å²) < 4.78 is 0. The lowest BCUT2D eigenvalue weighted by Crippen LogP contribution is -2.14. The van der Waals surface area contributed by atoms with Crippen LogP contribution in [-0.2, 0) is 0 Å². The second-order valence-electron chi connectivity index (χ2n) is 2.31. The summed E-state index contributed by atoms with van der Waals surface area (Å²) in [6.07, 6.45) is 1.75. The number of hydrogen-bond donors (Lipinski definition) is 2. The smallest absolute Gasteiger partial charge is 0.139 e. The van der Waals surface area contributed by atoms with Gasteiger partial charge in [-0.2, -0.15) is 0 Å². The summed E-state index contributed by atoms with van der Waals surface area (Å²) >= 11 is 0. The Morgan fingerprint density at radius 3 is 2.67 bits per heavy atom. The summed E-state index contributed by atoms with van der Waals surface area (Å²) in [5.41, 5.74) is 5.25. The SMILES string of the molecule is CCC(C)CC(N)=NO. The van der Waals surface area contributed by atoms with Crippen LogP contribution in [0.15, 0.2) is 5.16 Å². The van der Waals surface area contributed by atoms with Gasteiger partial charge in [0, 0.05) is 6.42 Å². The molecule has 0 fully saturated rings. The van der Waals surface area contributed by atoms with E-state index in [1.54, 1.807) is 0 Å². The van der Waals surface area contributed by atoms with Crippen molar-refractivity contribution in [2.24, 2.45) is 16.8 Å². The van der Waals surface area contributed by atoms with Gasteiger partial charge in [0.1, 0.15) is 5.84 Å². The van der Waals surface area contributed by atoms with Gasteiger partial charge in [0.05, 0.1) is 0 Å². The molecule has 3 nitrogen and oxygen atoms in total. The molecule has 0 spiro atoms. The highest BCUT2D eigenvalue weighted by Gasteiger charge is 2.00. The Labute approximate surface area is 55.5 Å². The van der Waals surface area contributed by atoms with Crippen molar-refractivity contribution in [1.82, 2.24) is 0 Å². The van der Waals surface area contributed by atoms with Crippen LogP contribution in [0.2, 0.25) is 0 Å². The molecule has 0 aromatic rings. The van der Waals surface area contributed by atoms with Crippen molar-refractivity contribution in [1.29, 1.82) is 0 Å². The molecular formula is C6H14N2O. The predicted molar refractivity (Wildman–Crippen MR) is 37.5 cm³/mol. The fourth-order valence-electron chi connectivity index (χ4n) is 0.542. The third kappa shape index (κ3) is 3.82. The van der Waals surface area contributed by atoms with Gasteiger partial charge in [0.25, 0.3) is 0 Å². The molecule has 0 aliphatic rings. The molecule has 1 atom stereocenters. The first-order valence-corrected chi connectivity index (χ1v) is 3.17. The van der Waals surface area contributed by atoms with Gasteiger partial charge in [0.2, 0.25) is 0 Å². The van der Waals surface area contributed by atoms with Gasteiger partial charge in [-0.25, -0.2) is 0 Å². The van der Waals surface area contributed by atoms with Crippen molar-refractivity contribution in [2.75, 3.05) is 0 Å². The highest BCUT2D eigenvalue weighted by molar-refractivity contribution is 5.79. The van der Waals surface area contributed by atoms with Crippen molar-refractivity contribution in [3.05, 3.63) is 0 Å². The summed E-state index contributed by atoms with van der Waals surface area (Å²) in [4.78, 5) is 0. The third-order valence-corrected chi connectivity index (χ3v) is 1.38. The number of nitrogens with zero attached hydrogens (tertiary/aromatic N) is 1. The highest BCUT2D eigenvalue weighted by atomic mass is 16.4. The molecule has 3 N–H and O–H groups in total. The first kappa shape index (κ1) is 8.27. The minimum atomic E-state index is 0.323. The van der Waals surface area contributed by atoms with E-state index in [-0.39, 0.29) is 0 Å². The van der Waals surface area contributed by atoms with E-state index in [1.807, 2.05) is 0 Å². The van der Waals surface area contributed by atoms with Gasteiger partial charge in [-0.3, -0.25) is 0 Å². The van der Waals surface area contributed by atoms with Crippen molar-refractivity contribution in [3.8, 4) is 0 Å². The van der Waals surface area contributed by atoms with Gasteiger partial charge in [0.15, 0.2) is 0 Å². The monoisotopic (exact) mass is 130 g/mol. The molecule has 9 heavy (non-hydrogen) atoms. The van der Waals surface area contributed by atoms with Gasteiger partial charge in [-0.15, -0.1) is 0 Å². The fourth-order valence-corrected chi connectivity index (χ4v) is 0.542. The maximum absolute atomic E-state index is 8.14. The zero-order valence-corrected chi connectivity index (χ0v) is 5.96. The molecule has 0 saturated heterocycles. The summed E-state index contributed by atoms with van der Waals surface area (Å²) in [7, 11) is 0. The lowest BCUT2D eigenvalue weighted by Gasteiger charge is -2.04. The highest BCUT2D eigenvalue weighted by Crippen LogP contribution is 2.04. The Balaban J connectivity index is 3.47. The number of rotatable bonds is 3. The minimum absolute atomic E-state index is 0.323. The first-order valence-electron chi connectivity index (χ1n) is 3.17. The molecule has 3 heteroatoms. The third-order valence-electron chi connectivity index (χ3n) is 1.38. The van der Waals surface area contributed by atoms with E-state index in [0.29, 0.717) is 18.2 Å². The Morgan fingerprint density at radius 2 is 2.33 bits per heavy atom. The number of hydrogen-bond acceptors (Lipinski definition) is 2. The second-order valence-corrected chi connectivity index (χ2v) is 2.31. The summed E-state index contributed by atoms with van der Waals surface area (Å²) in [5.74, 6) is 0.838. The van der Waals surface area contributed by atoms with Crippen molar-refractivity contribution >= 4 is 5.84 Å². The second kappa shape index (κ2) is 4.18. The lowest BCUT2D eigenvalue weighted by molar-refractivity contribution is 0.315. The predicted octanol–water partition coefficient (Wildman–Crippen LogP) is 1.17. The van der Waals surface area contributed by atoms with E-state index in [1.165, 1.54) is 0 Å². The Bertz CT molecular complexity index is 101. The van der Waals surface area contributed by atoms with Crippen LogP contribution in [0.25, 0.3) is 0 Å². The van der Waals surface area contributed by atoms with Gasteiger partial charge in [-0.1, -0.05) is 25.4 Å². The van der Waals surface area contributed by atoms with Gasteiger partial charge in [-0.05, 0) is 5.92 Å². The molecule has 0 heterocycles. The maximum Gasteiger partial charge on any atom is 0.139 e. The van der Waals surface area contributed by atoms with Gasteiger partial charge < -0.3 is 10.9 Å². The van der Waals surface area contributed by atoms with Crippen molar-refractivity contribution < 1.29 is 5.21 Å². The van der Waals surface area contributed by atoms with Crippen LogP contribution in [0.4, 0.5) is 0 Å². The molecule has 1 unspecified atom stereocenters. The topological polar surface area (TPSA) is 58.6 Å². The van der Waals surface area contributed by atoms with Crippen LogP contribution in [0.5, 0.6) is 0 Å². The Morgan fingerprint density at radius 1 is 1.78 bits per heavy atom. The van der Waals surface area contributed by atoms with E-state index in [9.17, 15) is 0 Å². The molecule has 0 aliphatic heterocycles. The van der Waals surface area contributed by atoms with Crippen LogP contribution in [-0.4, -0.2) is 11.0 Å². The zero-order chi connectivity index (χ0) is 7.28. The largest absolute Gasteiger partial charge is 0.409 e. The first-order chi connectivity index (χ1) is 4.20. The minimum Gasteiger partial charge on any atom is -0.409 e. The summed E-state index contributed by atoms with van der Waals surface area (Å²) in [6.45, 7) is 4.15. The van der Waals surface area contributed by atoms with Crippen LogP contribution in [0, 0.1) is 5.92 Å². The maximum atomic E-state index is 8.14. The molecule has 0 aromatic carbocycles. The van der Waals surface area contributed by atoms with E-state index in [0.717, 1.165) is 6.42 Å². The average molecular weight is 130 g/mol. The molecule has 0 rings (SSSR count). The van der Waals surface area contributed by atoms with Crippen LogP contribution in [0.1, 0.15) is 26.7 Å².